The van der Waals surface area contributed by atoms with Gasteiger partial charge in [0, 0.05) is 6.54 Å². The molecule has 0 atom stereocenters. The van der Waals surface area contributed by atoms with Crippen molar-refractivity contribution in [3.05, 3.63) is 71.4 Å². The lowest BCUT2D eigenvalue weighted by Crippen LogP contribution is -2.27. The molecule has 2 aromatic carbocycles. The van der Waals surface area contributed by atoms with Crippen molar-refractivity contribution in [1.82, 2.24) is 5.32 Å². The molecule has 1 amide bonds. The van der Waals surface area contributed by atoms with Gasteiger partial charge in [-0.3, -0.25) is 4.79 Å². The minimum atomic E-state index is -0.503. The van der Waals surface area contributed by atoms with Gasteiger partial charge in [-0.25, -0.2) is 4.99 Å². The molecule has 0 aliphatic carbocycles. The van der Waals surface area contributed by atoms with Crippen LogP contribution in [-0.4, -0.2) is 11.1 Å². The Labute approximate surface area is 144 Å². The van der Waals surface area contributed by atoms with Gasteiger partial charge >= 0.3 is 0 Å². The van der Waals surface area contributed by atoms with Crippen LogP contribution in [0.15, 0.2) is 70.9 Å². The van der Waals surface area contributed by atoms with Crippen LogP contribution in [0, 0.1) is 11.3 Å². The molecule has 1 aliphatic heterocycles. The molecular formula is C18H13ClN4O. The van der Waals surface area contributed by atoms with Crippen LogP contribution < -0.4 is 10.6 Å². The predicted molar refractivity (Wildman–Crippen MR) is 93.9 cm³/mol. The number of anilines is 1. The first-order valence-corrected chi connectivity index (χ1v) is 7.64. The topological polar surface area (TPSA) is 77.3 Å². The maximum absolute atomic E-state index is 12.4. The van der Waals surface area contributed by atoms with Gasteiger partial charge in [0.05, 0.1) is 11.4 Å². The number of carbonyl (C=O) groups is 1. The van der Waals surface area contributed by atoms with Crippen LogP contribution in [0.3, 0.4) is 0 Å². The van der Waals surface area contributed by atoms with Gasteiger partial charge in [0.2, 0.25) is 0 Å². The van der Waals surface area contributed by atoms with Crippen molar-refractivity contribution in [2.24, 2.45) is 4.99 Å². The second-order valence-corrected chi connectivity index (χ2v) is 5.43. The standard InChI is InChI=1S/C18H13ClN4O/c19-17-16(22-14-8-4-5-9-15(14)23-17)13(10-20)18(24)21-11-12-6-2-1-3-7-12/h1-9,22H,11H2,(H,21,24). The van der Waals surface area contributed by atoms with E-state index >= 15 is 0 Å². The summed E-state index contributed by atoms with van der Waals surface area (Å²) in [6.07, 6.45) is 0. The molecule has 0 fully saturated rings. The average molecular weight is 337 g/mol. The van der Waals surface area contributed by atoms with Gasteiger partial charge < -0.3 is 10.6 Å². The summed E-state index contributed by atoms with van der Waals surface area (Å²) in [5.41, 5.74) is 2.40. The van der Waals surface area contributed by atoms with Gasteiger partial charge in [0.25, 0.3) is 5.91 Å². The Morgan fingerprint density at radius 2 is 1.88 bits per heavy atom. The van der Waals surface area contributed by atoms with Crippen molar-refractivity contribution in [3.8, 4) is 6.07 Å². The van der Waals surface area contributed by atoms with Crippen molar-refractivity contribution in [2.75, 3.05) is 5.32 Å². The Morgan fingerprint density at radius 1 is 1.17 bits per heavy atom. The smallest absolute Gasteiger partial charge is 0.264 e. The highest BCUT2D eigenvalue weighted by atomic mass is 35.5. The third kappa shape index (κ3) is 3.29. The number of allylic oxidation sites excluding steroid dienone is 1. The second kappa shape index (κ2) is 6.99. The average Bonchev–Trinajstić information content (AvgIpc) is 2.62. The number of amides is 1. The van der Waals surface area contributed by atoms with Crippen LogP contribution in [-0.2, 0) is 11.3 Å². The van der Waals surface area contributed by atoms with Crippen LogP contribution in [0.4, 0.5) is 11.4 Å². The number of hydrogen-bond donors (Lipinski definition) is 2. The second-order valence-electron chi connectivity index (χ2n) is 5.07. The number of para-hydroxylation sites is 2. The molecule has 2 N–H and O–H groups in total. The highest BCUT2D eigenvalue weighted by Crippen LogP contribution is 2.32. The van der Waals surface area contributed by atoms with Crippen LogP contribution in [0.2, 0.25) is 0 Å². The highest BCUT2D eigenvalue weighted by molar-refractivity contribution is 6.70. The summed E-state index contributed by atoms with van der Waals surface area (Å²) in [7, 11) is 0. The molecule has 0 radical (unpaired) electrons. The molecule has 0 bridgehead atoms. The number of carbonyl (C=O) groups excluding carboxylic acids is 1. The van der Waals surface area contributed by atoms with E-state index in [0.29, 0.717) is 17.9 Å². The van der Waals surface area contributed by atoms with E-state index in [4.69, 9.17) is 11.6 Å². The molecule has 5 nitrogen and oxygen atoms in total. The van der Waals surface area contributed by atoms with E-state index in [1.54, 1.807) is 12.1 Å². The zero-order valence-electron chi connectivity index (χ0n) is 12.6. The molecule has 1 heterocycles. The fourth-order valence-corrected chi connectivity index (χ4v) is 2.51. The fourth-order valence-electron chi connectivity index (χ4n) is 2.28. The van der Waals surface area contributed by atoms with Gasteiger partial charge in [-0.1, -0.05) is 54.1 Å². The molecule has 0 spiro atoms. The van der Waals surface area contributed by atoms with Crippen LogP contribution in [0.1, 0.15) is 5.56 Å². The number of hydrogen-bond acceptors (Lipinski definition) is 4. The van der Waals surface area contributed by atoms with Gasteiger partial charge in [-0.05, 0) is 17.7 Å². The maximum atomic E-state index is 12.4. The molecule has 118 valence electrons. The molecular weight excluding hydrogens is 324 g/mol. The maximum Gasteiger partial charge on any atom is 0.264 e. The van der Waals surface area contributed by atoms with Crippen molar-refractivity contribution >= 4 is 34.1 Å². The molecule has 2 aromatic rings. The summed E-state index contributed by atoms with van der Waals surface area (Å²) in [4.78, 5) is 16.6. The zero-order valence-corrected chi connectivity index (χ0v) is 13.3. The Morgan fingerprint density at radius 3 is 2.62 bits per heavy atom. The molecule has 3 rings (SSSR count). The quantitative estimate of drug-likeness (QED) is 0.665. The number of benzene rings is 2. The molecule has 6 heteroatoms. The Balaban J connectivity index is 1.84. The minimum Gasteiger partial charge on any atom is -0.350 e. The van der Waals surface area contributed by atoms with E-state index in [1.165, 1.54) is 0 Å². The zero-order chi connectivity index (χ0) is 16.9. The van der Waals surface area contributed by atoms with Gasteiger partial charge in [0.1, 0.15) is 17.3 Å². The Bertz CT molecular complexity index is 881. The van der Waals surface area contributed by atoms with Crippen molar-refractivity contribution in [2.45, 2.75) is 6.54 Å². The molecule has 0 aromatic heterocycles. The number of halogens is 1. The number of nitrogens with one attached hydrogen (secondary N) is 2. The summed E-state index contributed by atoms with van der Waals surface area (Å²) >= 11 is 6.14. The first-order chi connectivity index (χ1) is 11.7. The summed E-state index contributed by atoms with van der Waals surface area (Å²) in [6, 6.07) is 18.6. The third-order valence-corrected chi connectivity index (χ3v) is 3.75. The van der Waals surface area contributed by atoms with E-state index in [2.05, 4.69) is 15.6 Å². The van der Waals surface area contributed by atoms with E-state index in [9.17, 15) is 10.1 Å². The molecule has 0 saturated heterocycles. The van der Waals surface area contributed by atoms with E-state index in [0.717, 1.165) is 5.56 Å². The largest absolute Gasteiger partial charge is 0.350 e. The van der Waals surface area contributed by atoms with E-state index < -0.39 is 5.91 Å². The Kier molecular flexibility index (Phi) is 4.59. The van der Waals surface area contributed by atoms with Crippen LogP contribution >= 0.6 is 11.6 Å². The fraction of sp³-hybridized carbons (Fsp3) is 0.0556. The molecule has 0 unspecified atom stereocenters. The van der Waals surface area contributed by atoms with Crippen molar-refractivity contribution in [3.63, 3.8) is 0 Å². The van der Waals surface area contributed by atoms with Gasteiger partial charge in [-0.15, -0.1) is 0 Å². The summed E-state index contributed by atoms with van der Waals surface area (Å²) in [5, 5.41) is 15.2. The minimum absolute atomic E-state index is 0.0834. The lowest BCUT2D eigenvalue weighted by molar-refractivity contribution is -0.117. The van der Waals surface area contributed by atoms with E-state index in [-0.39, 0.29) is 16.4 Å². The summed E-state index contributed by atoms with van der Waals surface area (Å²) in [5.74, 6) is -0.503. The SMILES string of the molecule is N#CC(C(=O)NCc1ccccc1)=C1Nc2ccccc2N=C1Cl. The summed E-state index contributed by atoms with van der Waals surface area (Å²) in [6.45, 7) is 0.323. The monoisotopic (exact) mass is 336 g/mol. The van der Waals surface area contributed by atoms with Crippen molar-refractivity contribution < 1.29 is 4.79 Å². The van der Waals surface area contributed by atoms with E-state index in [1.807, 2.05) is 48.5 Å². The molecule has 24 heavy (non-hydrogen) atoms. The number of aliphatic imine (C=N–C) groups is 1. The lowest BCUT2D eigenvalue weighted by Gasteiger charge is -2.18. The number of fused-ring (bicyclic) bond motifs is 1. The van der Waals surface area contributed by atoms with Gasteiger partial charge in [0.15, 0.2) is 5.17 Å². The number of rotatable bonds is 3. The summed E-state index contributed by atoms with van der Waals surface area (Å²) < 4.78 is 0. The lowest BCUT2D eigenvalue weighted by atomic mass is 10.1. The first kappa shape index (κ1) is 15.8. The van der Waals surface area contributed by atoms with Crippen LogP contribution in [0.25, 0.3) is 0 Å². The highest BCUT2D eigenvalue weighted by Gasteiger charge is 2.23. The predicted octanol–water partition coefficient (Wildman–Crippen LogP) is 3.47. The Hall–Kier alpha value is -3.10. The third-order valence-electron chi connectivity index (χ3n) is 3.47. The first-order valence-electron chi connectivity index (χ1n) is 7.26. The molecule has 0 saturated carbocycles. The number of nitriles is 1. The molecule has 1 aliphatic rings. The van der Waals surface area contributed by atoms with Crippen molar-refractivity contribution in [1.29, 1.82) is 5.26 Å². The normalized spacial score (nSPS) is 14.6. The number of nitrogens with zero attached hydrogens (tertiary/aromatic N) is 2. The van der Waals surface area contributed by atoms with Gasteiger partial charge in [-0.2, -0.15) is 5.26 Å². The van der Waals surface area contributed by atoms with Crippen LogP contribution in [0.5, 0.6) is 0 Å².